The third-order valence-electron chi connectivity index (χ3n) is 6.05. The van der Waals surface area contributed by atoms with Crippen molar-refractivity contribution in [3.05, 3.63) is 34.9 Å². The Morgan fingerprint density at radius 1 is 1.19 bits per heavy atom. The summed E-state index contributed by atoms with van der Waals surface area (Å²) in [6, 6.07) is 5.18. The normalized spacial score (nSPS) is 22.6. The summed E-state index contributed by atoms with van der Waals surface area (Å²) in [6.45, 7) is 7.45. The van der Waals surface area contributed by atoms with Crippen molar-refractivity contribution in [1.29, 1.82) is 0 Å². The number of rotatable bonds is 6. The average molecular weight is 462 g/mol. The molecule has 2 bridgehead atoms. The number of aromatic nitrogens is 5. The first kappa shape index (κ1) is 21.0. The maximum atomic E-state index is 13.7. The molecule has 1 saturated carbocycles. The quantitative estimate of drug-likeness (QED) is 0.575. The highest BCUT2D eigenvalue weighted by molar-refractivity contribution is 6.30. The largest absolute Gasteiger partial charge is 0.424 e. The van der Waals surface area contributed by atoms with Gasteiger partial charge in [0.1, 0.15) is 11.6 Å². The number of nitrogens with zero attached hydrogens (tertiary/aromatic N) is 6. The third kappa shape index (κ3) is 4.11. The number of anilines is 2. The highest BCUT2D eigenvalue weighted by atomic mass is 35.5. The molecule has 0 amide bonds. The fraction of sp³-hybridized carbons (Fsp3) is 0.524. The van der Waals surface area contributed by atoms with E-state index >= 15 is 0 Å². The van der Waals surface area contributed by atoms with E-state index in [2.05, 4.69) is 30.5 Å². The van der Waals surface area contributed by atoms with Gasteiger partial charge < -0.3 is 19.4 Å². The van der Waals surface area contributed by atoms with Crippen molar-refractivity contribution in [2.45, 2.75) is 45.7 Å². The Kier molecular flexibility index (Phi) is 5.40. The molecule has 32 heavy (non-hydrogen) atoms. The molecule has 0 spiro atoms. The van der Waals surface area contributed by atoms with Gasteiger partial charge in [-0.25, -0.2) is 9.07 Å². The first-order valence-electron chi connectivity index (χ1n) is 10.8. The average Bonchev–Trinajstić information content (AvgIpc) is 3.38. The van der Waals surface area contributed by atoms with Crippen LogP contribution >= 0.6 is 11.6 Å². The van der Waals surface area contributed by atoms with Gasteiger partial charge in [0, 0.05) is 37.1 Å². The molecule has 1 aliphatic heterocycles. The van der Waals surface area contributed by atoms with Gasteiger partial charge in [-0.05, 0) is 50.7 Å². The smallest absolute Gasteiger partial charge is 0.322 e. The number of fused-ring (bicyclic) bond motifs is 2. The number of halogens is 2. The Hall–Kier alpha value is -2.88. The third-order valence-corrected chi connectivity index (χ3v) is 6.27. The standard InChI is InChI=1S/C21H25ClFN7O2/c1-11(2)30-20(32-17-7-15(22)6-16(23)8-17)25-19(28-30)24-18-13-4-5-14(18)10-29(9-13)21-27-26-12(3)31-21/h6-8,11,13-14,18H,4-5,9-10H2,1-3H3,(H,24,28). The lowest BCUT2D eigenvalue weighted by Crippen LogP contribution is -2.48. The molecule has 2 aliphatic rings. The van der Waals surface area contributed by atoms with E-state index in [0.29, 0.717) is 29.7 Å². The van der Waals surface area contributed by atoms with Crippen molar-refractivity contribution in [3.63, 3.8) is 0 Å². The van der Waals surface area contributed by atoms with Crippen LogP contribution in [0, 0.1) is 24.6 Å². The summed E-state index contributed by atoms with van der Waals surface area (Å²) >= 11 is 5.95. The highest BCUT2D eigenvalue weighted by Crippen LogP contribution is 2.40. The van der Waals surface area contributed by atoms with Crippen LogP contribution in [0.2, 0.25) is 5.02 Å². The Balaban J connectivity index is 1.33. The van der Waals surface area contributed by atoms with Gasteiger partial charge in [0.05, 0.1) is 6.04 Å². The van der Waals surface area contributed by atoms with E-state index in [-0.39, 0.29) is 28.9 Å². The van der Waals surface area contributed by atoms with E-state index in [1.54, 1.807) is 17.7 Å². The van der Waals surface area contributed by atoms with Gasteiger partial charge in [0.2, 0.25) is 11.8 Å². The molecule has 11 heteroatoms. The first-order valence-corrected chi connectivity index (χ1v) is 11.2. The zero-order chi connectivity index (χ0) is 22.4. The molecule has 2 fully saturated rings. The number of ether oxygens (including phenoxy) is 1. The molecule has 2 unspecified atom stereocenters. The first-order chi connectivity index (χ1) is 15.4. The van der Waals surface area contributed by atoms with Gasteiger partial charge >= 0.3 is 12.0 Å². The summed E-state index contributed by atoms with van der Waals surface area (Å²) in [4.78, 5) is 6.73. The molecule has 3 aromatic rings. The molecule has 1 N–H and O–H groups in total. The van der Waals surface area contributed by atoms with Crippen LogP contribution in [0.1, 0.15) is 38.6 Å². The topological polar surface area (TPSA) is 94.1 Å². The molecular weight excluding hydrogens is 437 g/mol. The van der Waals surface area contributed by atoms with E-state index in [1.165, 1.54) is 12.1 Å². The van der Waals surface area contributed by atoms with Crippen LogP contribution < -0.4 is 15.0 Å². The molecule has 3 heterocycles. The summed E-state index contributed by atoms with van der Waals surface area (Å²) < 4.78 is 26.9. The Bertz CT molecular complexity index is 1080. The molecule has 1 aromatic carbocycles. The van der Waals surface area contributed by atoms with Gasteiger partial charge in [-0.15, -0.1) is 10.2 Å². The molecule has 5 rings (SSSR count). The maximum Gasteiger partial charge on any atom is 0.322 e. The fourth-order valence-electron chi connectivity index (χ4n) is 4.65. The van der Waals surface area contributed by atoms with Crippen molar-refractivity contribution in [1.82, 2.24) is 25.0 Å². The van der Waals surface area contributed by atoms with Crippen LogP contribution in [0.5, 0.6) is 11.8 Å². The van der Waals surface area contributed by atoms with E-state index in [0.717, 1.165) is 25.9 Å². The Morgan fingerprint density at radius 2 is 1.94 bits per heavy atom. The van der Waals surface area contributed by atoms with E-state index in [9.17, 15) is 4.39 Å². The zero-order valence-electron chi connectivity index (χ0n) is 18.1. The molecule has 1 aliphatic carbocycles. The second kappa shape index (κ2) is 8.23. The monoisotopic (exact) mass is 461 g/mol. The summed E-state index contributed by atoms with van der Waals surface area (Å²) in [6.07, 6.45) is 2.23. The zero-order valence-corrected chi connectivity index (χ0v) is 18.9. The summed E-state index contributed by atoms with van der Waals surface area (Å²) in [5.41, 5.74) is 0. The van der Waals surface area contributed by atoms with Crippen LogP contribution in [-0.4, -0.2) is 44.1 Å². The number of nitrogens with one attached hydrogen (secondary N) is 1. The van der Waals surface area contributed by atoms with Gasteiger partial charge in [0.25, 0.3) is 0 Å². The predicted octanol–water partition coefficient (Wildman–Crippen LogP) is 4.46. The molecule has 9 nitrogen and oxygen atoms in total. The lowest BCUT2D eigenvalue weighted by atomic mass is 9.92. The minimum atomic E-state index is -0.471. The fourth-order valence-corrected chi connectivity index (χ4v) is 4.86. The number of aryl methyl sites for hydroxylation is 1. The van der Waals surface area contributed by atoms with E-state index < -0.39 is 5.82 Å². The summed E-state index contributed by atoms with van der Waals surface area (Å²) in [5, 5.41) is 16.5. The van der Waals surface area contributed by atoms with Crippen LogP contribution in [0.25, 0.3) is 0 Å². The second-order valence-electron chi connectivity index (χ2n) is 8.74. The number of benzene rings is 1. The van der Waals surface area contributed by atoms with Crippen molar-refractivity contribution in [2.24, 2.45) is 11.8 Å². The molecule has 2 aromatic heterocycles. The Labute approximate surface area is 189 Å². The van der Waals surface area contributed by atoms with Gasteiger partial charge in [-0.3, -0.25) is 0 Å². The highest BCUT2D eigenvalue weighted by Gasteiger charge is 2.43. The van der Waals surface area contributed by atoms with Crippen molar-refractivity contribution in [3.8, 4) is 11.8 Å². The van der Waals surface area contributed by atoms with Gasteiger partial charge in [0.15, 0.2) is 0 Å². The van der Waals surface area contributed by atoms with E-state index in [4.69, 9.17) is 20.8 Å². The van der Waals surface area contributed by atoms with Crippen LogP contribution in [0.4, 0.5) is 16.4 Å². The Morgan fingerprint density at radius 3 is 2.56 bits per heavy atom. The van der Waals surface area contributed by atoms with Crippen molar-refractivity contribution < 1.29 is 13.5 Å². The molecule has 2 atom stereocenters. The van der Waals surface area contributed by atoms with Crippen molar-refractivity contribution in [2.75, 3.05) is 23.3 Å². The lowest BCUT2D eigenvalue weighted by molar-refractivity contribution is 0.356. The van der Waals surface area contributed by atoms with Crippen molar-refractivity contribution >= 4 is 23.6 Å². The van der Waals surface area contributed by atoms with E-state index in [1.807, 2.05) is 13.8 Å². The molecule has 1 saturated heterocycles. The minimum Gasteiger partial charge on any atom is -0.424 e. The summed E-state index contributed by atoms with van der Waals surface area (Å²) in [7, 11) is 0. The van der Waals surface area contributed by atoms with Crippen LogP contribution in [0.15, 0.2) is 22.6 Å². The summed E-state index contributed by atoms with van der Waals surface area (Å²) in [5.74, 6) is 1.71. The number of hydrogen-bond acceptors (Lipinski definition) is 8. The van der Waals surface area contributed by atoms with Gasteiger partial charge in [-0.1, -0.05) is 16.7 Å². The van der Waals surface area contributed by atoms with Gasteiger partial charge in [-0.2, -0.15) is 4.98 Å². The SMILES string of the molecule is Cc1nnc(N2CC3CCC(C2)C3Nc2nc(Oc3cc(F)cc(Cl)c3)n(C(C)C)n2)o1. The van der Waals surface area contributed by atoms with Crippen LogP contribution in [0.3, 0.4) is 0 Å². The number of hydrogen-bond donors (Lipinski definition) is 1. The van der Waals surface area contributed by atoms with Crippen LogP contribution in [-0.2, 0) is 0 Å². The molecule has 170 valence electrons. The lowest BCUT2D eigenvalue weighted by Gasteiger charge is -2.37. The predicted molar refractivity (Wildman–Crippen MR) is 117 cm³/mol. The molecule has 0 radical (unpaired) electrons. The minimum absolute atomic E-state index is 0.0106. The maximum absolute atomic E-state index is 13.7. The number of piperidine rings is 1. The molecular formula is C21H25ClFN7O2. The second-order valence-corrected chi connectivity index (χ2v) is 9.18.